The van der Waals surface area contributed by atoms with Gasteiger partial charge < -0.3 is 9.14 Å². The van der Waals surface area contributed by atoms with Gasteiger partial charge in [-0.1, -0.05) is 0 Å². The van der Waals surface area contributed by atoms with E-state index in [9.17, 15) is 0 Å². The third kappa shape index (κ3) is 1.87. The smallest absolute Gasteiger partial charge is 0.137 e. The van der Waals surface area contributed by atoms with Crippen molar-refractivity contribution in [2.24, 2.45) is 0 Å². The van der Waals surface area contributed by atoms with Gasteiger partial charge in [0.2, 0.25) is 0 Å². The first kappa shape index (κ1) is 10.3. The van der Waals surface area contributed by atoms with Gasteiger partial charge in [0, 0.05) is 10.7 Å². The first-order valence-corrected chi connectivity index (χ1v) is 6.35. The number of rotatable bonds is 3. The molecule has 2 heterocycles. The number of nitrogens with zero attached hydrogens (tertiary/aromatic N) is 2. The summed E-state index contributed by atoms with van der Waals surface area (Å²) in [5.74, 6) is 0. The predicted octanol–water partition coefficient (Wildman–Crippen LogP) is 3.17. The third-order valence-corrected chi connectivity index (χ3v) is 3.53. The molecule has 84 valence electrons. The molecule has 0 unspecified atom stereocenters. The van der Waals surface area contributed by atoms with Gasteiger partial charge in [0.05, 0.1) is 24.6 Å². The Labute approximate surface area is 103 Å². The van der Waals surface area contributed by atoms with E-state index < -0.39 is 0 Å². The Morgan fingerprint density at radius 2 is 2.31 bits per heavy atom. The van der Waals surface area contributed by atoms with E-state index in [2.05, 4.69) is 25.3 Å². The van der Waals surface area contributed by atoms with Gasteiger partial charge in [-0.3, -0.25) is 0 Å². The summed E-state index contributed by atoms with van der Waals surface area (Å²) in [6.45, 7) is 0.655. The first-order valence-electron chi connectivity index (χ1n) is 5.56. The minimum absolute atomic E-state index is 0.470. The van der Waals surface area contributed by atoms with Crippen LogP contribution in [0.2, 0.25) is 0 Å². The van der Waals surface area contributed by atoms with E-state index in [1.54, 1.807) is 0 Å². The van der Waals surface area contributed by atoms with Gasteiger partial charge >= 0.3 is 0 Å². The highest BCUT2D eigenvalue weighted by molar-refractivity contribution is 9.10. The molecule has 1 aliphatic carbocycles. The number of aromatic nitrogens is 2. The van der Waals surface area contributed by atoms with E-state index in [1.165, 1.54) is 19.3 Å². The van der Waals surface area contributed by atoms with E-state index in [0.29, 0.717) is 12.7 Å². The van der Waals surface area contributed by atoms with Crippen molar-refractivity contribution in [3.8, 4) is 0 Å². The van der Waals surface area contributed by atoms with E-state index in [0.717, 1.165) is 15.8 Å². The molecular formula is C12H13BrN2O. The maximum atomic E-state index is 5.79. The van der Waals surface area contributed by atoms with Crippen LogP contribution in [-0.2, 0) is 11.3 Å². The molecule has 3 rings (SSSR count). The summed E-state index contributed by atoms with van der Waals surface area (Å²) in [5.41, 5.74) is 2.08. The molecule has 0 spiro atoms. The molecule has 3 nitrogen and oxygen atoms in total. The Balaban J connectivity index is 1.82. The number of hydrogen-bond donors (Lipinski definition) is 0. The summed E-state index contributed by atoms with van der Waals surface area (Å²) >= 11 is 3.47. The van der Waals surface area contributed by atoms with Crippen LogP contribution in [0.5, 0.6) is 0 Å². The second kappa shape index (κ2) is 4.18. The Morgan fingerprint density at radius 3 is 3.06 bits per heavy atom. The molecule has 2 aromatic rings. The van der Waals surface area contributed by atoms with Gasteiger partial charge in [-0.25, -0.2) is 4.98 Å². The molecule has 0 amide bonds. The van der Waals surface area contributed by atoms with Crippen molar-refractivity contribution in [1.29, 1.82) is 0 Å². The second-order valence-corrected chi connectivity index (χ2v) is 5.10. The molecule has 0 radical (unpaired) electrons. The zero-order chi connectivity index (χ0) is 11.0. The Morgan fingerprint density at radius 1 is 1.44 bits per heavy atom. The van der Waals surface area contributed by atoms with Crippen molar-refractivity contribution < 1.29 is 4.74 Å². The zero-order valence-electron chi connectivity index (χ0n) is 8.90. The van der Waals surface area contributed by atoms with Crippen LogP contribution in [0.4, 0.5) is 0 Å². The fourth-order valence-corrected chi connectivity index (χ4v) is 2.19. The van der Waals surface area contributed by atoms with Crippen LogP contribution in [0.15, 0.2) is 29.0 Å². The summed E-state index contributed by atoms with van der Waals surface area (Å²) in [5, 5.41) is 0. The predicted molar refractivity (Wildman–Crippen MR) is 65.3 cm³/mol. The second-order valence-electron chi connectivity index (χ2n) is 4.19. The standard InChI is InChI=1S/C12H13BrN2O/c13-9-4-5-12-14-6-10(15(12)7-9)8-16-11-2-1-3-11/h4-7,11H,1-3,8H2. The summed E-state index contributed by atoms with van der Waals surface area (Å²) in [6.07, 6.45) is 8.12. The largest absolute Gasteiger partial charge is 0.372 e. The van der Waals surface area contributed by atoms with E-state index in [4.69, 9.17) is 4.74 Å². The average molecular weight is 281 g/mol. The van der Waals surface area contributed by atoms with Crippen LogP contribution in [0.3, 0.4) is 0 Å². The van der Waals surface area contributed by atoms with Crippen molar-refractivity contribution in [3.05, 3.63) is 34.7 Å². The van der Waals surface area contributed by atoms with Crippen molar-refractivity contribution in [1.82, 2.24) is 9.38 Å². The van der Waals surface area contributed by atoms with Gasteiger partial charge in [-0.15, -0.1) is 0 Å². The van der Waals surface area contributed by atoms with Gasteiger partial charge in [-0.05, 0) is 47.3 Å². The molecule has 1 aliphatic rings. The molecule has 4 heteroatoms. The zero-order valence-corrected chi connectivity index (χ0v) is 10.5. The quantitative estimate of drug-likeness (QED) is 0.864. The normalized spacial score (nSPS) is 16.6. The monoisotopic (exact) mass is 280 g/mol. The lowest BCUT2D eigenvalue weighted by Gasteiger charge is -2.25. The van der Waals surface area contributed by atoms with E-state index in [-0.39, 0.29) is 0 Å². The summed E-state index contributed by atoms with van der Waals surface area (Å²) in [6, 6.07) is 4.00. The fourth-order valence-electron chi connectivity index (χ4n) is 1.85. The number of ether oxygens (including phenoxy) is 1. The Bertz CT molecular complexity index is 505. The van der Waals surface area contributed by atoms with E-state index >= 15 is 0 Å². The topological polar surface area (TPSA) is 26.5 Å². The molecule has 0 aliphatic heterocycles. The lowest BCUT2D eigenvalue weighted by Crippen LogP contribution is -2.21. The molecule has 2 aromatic heterocycles. The highest BCUT2D eigenvalue weighted by Gasteiger charge is 2.18. The number of fused-ring (bicyclic) bond motifs is 1. The van der Waals surface area contributed by atoms with Crippen molar-refractivity contribution >= 4 is 21.6 Å². The van der Waals surface area contributed by atoms with Crippen LogP contribution in [0.1, 0.15) is 25.0 Å². The maximum Gasteiger partial charge on any atom is 0.137 e. The SMILES string of the molecule is Brc1ccc2ncc(COC3CCC3)n2c1. The Hall–Kier alpha value is -0.870. The molecule has 0 atom stereocenters. The molecule has 0 aromatic carbocycles. The minimum Gasteiger partial charge on any atom is -0.372 e. The average Bonchev–Trinajstić information content (AvgIpc) is 2.59. The van der Waals surface area contributed by atoms with Crippen molar-refractivity contribution in [2.45, 2.75) is 32.0 Å². The maximum absolute atomic E-state index is 5.79. The highest BCUT2D eigenvalue weighted by Crippen LogP contribution is 2.23. The van der Waals surface area contributed by atoms with Crippen LogP contribution in [-0.4, -0.2) is 15.5 Å². The fraction of sp³-hybridized carbons (Fsp3) is 0.417. The van der Waals surface area contributed by atoms with Gasteiger partial charge in [0.1, 0.15) is 5.65 Å². The molecular weight excluding hydrogens is 268 g/mol. The van der Waals surface area contributed by atoms with Crippen LogP contribution < -0.4 is 0 Å². The minimum atomic E-state index is 0.470. The Kier molecular flexibility index (Phi) is 2.69. The van der Waals surface area contributed by atoms with Crippen LogP contribution >= 0.6 is 15.9 Å². The van der Waals surface area contributed by atoms with Gasteiger partial charge in [0.25, 0.3) is 0 Å². The summed E-state index contributed by atoms with van der Waals surface area (Å²) < 4.78 is 8.92. The van der Waals surface area contributed by atoms with E-state index in [1.807, 2.05) is 24.5 Å². The summed E-state index contributed by atoms with van der Waals surface area (Å²) in [4.78, 5) is 4.34. The lowest BCUT2D eigenvalue weighted by atomic mass is 9.96. The summed E-state index contributed by atoms with van der Waals surface area (Å²) in [7, 11) is 0. The number of halogens is 1. The third-order valence-electron chi connectivity index (χ3n) is 3.07. The number of pyridine rings is 1. The van der Waals surface area contributed by atoms with Gasteiger partial charge in [-0.2, -0.15) is 0 Å². The molecule has 1 saturated carbocycles. The molecule has 0 N–H and O–H groups in total. The molecule has 1 fully saturated rings. The lowest BCUT2D eigenvalue weighted by molar-refractivity contribution is -0.0103. The van der Waals surface area contributed by atoms with Gasteiger partial charge in [0.15, 0.2) is 0 Å². The first-order chi connectivity index (χ1) is 7.83. The van der Waals surface area contributed by atoms with Crippen molar-refractivity contribution in [3.63, 3.8) is 0 Å². The molecule has 0 saturated heterocycles. The molecule has 0 bridgehead atoms. The van der Waals surface area contributed by atoms with Crippen LogP contribution in [0, 0.1) is 0 Å². The highest BCUT2D eigenvalue weighted by atomic mass is 79.9. The van der Waals surface area contributed by atoms with Crippen molar-refractivity contribution in [2.75, 3.05) is 0 Å². The number of hydrogen-bond acceptors (Lipinski definition) is 2. The molecule has 16 heavy (non-hydrogen) atoms. The van der Waals surface area contributed by atoms with Crippen LogP contribution in [0.25, 0.3) is 5.65 Å². The number of imidazole rings is 1.